The smallest absolute Gasteiger partial charge is 0.254 e. The zero-order valence-corrected chi connectivity index (χ0v) is 43.6. The van der Waals surface area contributed by atoms with Crippen LogP contribution < -0.4 is 27.0 Å². The quantitative estimate of drug-likeness (QED) is 0.0354. The lowest BCUT2D eigenvalue weighted by Crippen LogP contribution is -2.56. The highest BCUT2D eigenvalue weighted by Crippen LogP contribution is 2.41. The number of primary amides is 1. The fourth-order valence-corrected chi connectivity index (χ4v) is 8.73. The molecule has 0 bridgehead atoms. The van der Waals surface area contributed by atoms with Crippen LogP contribution in [0.3, 0.4) is 0 Å². The first-order chi connectivity index (χ1) is 36.4. The highest BCUT2D eigenvalue weighted by Gasteiger charge is 2.39. The summed E-state index contributed by atoms with van der Waals surface area (Å²) in [6.07, 6.45) is 5.02. The first-order valence-corrected chi connectivity index (χ1v) is 25.0. The summed E-state index contributed by atoms with van der Waals surface area (Å²) in [4.78, 5) is 137. The van der Waals surface area contributed by atoms with Crippen LogP contribution >= 0.6 is 0 Å². The molecule has 20 nitrogen and oxygen atoms in total. The monoisotopic (exact) mass is 1070 g/mol. The summed E-state index contributed by atoms with van der Waals surface area (Å²) in [5.41, 5.74) is 6.77. The van der Waals surface area contributed by atoms with Gasteiger partial charge in [0.15, 0.2) is 11.6 Å². The summed E-state index contributed by atoms with van der Waals surface area (Å²) in [7, 11) is 0. The number of pyridine rings is 1. The summed E-state index contributed by atoms with van der Waals surface area (Å²) < 4.78 is 31.8. The number of benzene rings is 2. The van der Waals surface area contributed by atoms with Crippen molar-refractivity contribution in [3.8, 4) is 11.1 Å². The maximum absolute atomic E-state index is 15.4. The molecule has 410 valence electrons. The predicted molar refractivity (Wildman–Crippen MR) is 276 cm³/mol. The van der Waals surface area contributed by atoms with Crippen LogP contribution in [0, 0.1) is 23.0 Å². The van der Waals surface area contributed by atoms with Gasteiger partial charge in [0, 0.05) is 86.0 Å². The molecule has 0 unspecified atom stereocenters. The third kappa shape index (κ3) is 17.4. The first kappa shape index (κ1) is 59.6. The van der Waals surface area contributed by atoms with Gasteiger partial charge in [-0.25, -0.2) is 8.78 Å². The average molecular weight is 1070 g/mol. The number of hydrogen-bond donors (Lipinski definition) is 6. The summed E-state index contributed by atoms with van der Waals surface area (Å²) in [6.45, 7) is 6.46. The van der Waals surface area contributed by atoms with E-state index >= 15 is 4.39 Å². The Bertz CT molecular complexity index is 2830. The lowest BCUT2D eigenvalue weighted by molar-refractivity contribution is -0.141. The van der Waals surface area contributed by atoms with Crippen LogP contribution in [-0.4, -0.2) is 128 Å². The Morgan fingerprint density at radius 1 is 0.805 bits per heavy atom. The molecule has 77 heavy (non-hydrogen) atoms. The van der Waals surface area contributed by atoms with Gasteiger partial charge >= 0.3 is 0 Å². The van der Waals surface area contributed by atoms with Crippen LogP contribution in [0.5, 0.6) is 0 Å². The number of aliphatic hydroxyl groups excluding tert-OH is 1. The molecule has 0 saturated carbocycles. The molecule has 7 N–H and O–H groups in total. The van der Waals surface area contributed by atoms with Crippen LogP contribution in [0.25, 0.3) is 11.1 Å². The molecule has 0 radical (unpaired) electrons. The molecule has 2 aromatic heterocycles. The van der Waals surface area contributed by atoms with Gasteiger partial charge in [-0.1, -0.05) is 58.0 Å². The molecule has 5 rings (SSSR count). The van der Waals surface area contributed by atoms with E-state index in [1.807, 2.05) is 51.1 Å². The van der Waals surface area contributed by atoms with Crippen molar-refractivity contribution < 1.29 is 61.8 Å². The second-order valence-corrected chi connectivity index (χ2v) is 19.9. The van der Waals surface area contributed by atoms with E-state index in [-0.39, 0.29) is 62.9 Å². The van der Waals surface area contributed by atoms with E-state index in [2.05, 4.69) is 26.3 Å². The molecule has 3 heterocycles. The predicted octanol–water partition coefficient (Wildman–Crippen LogP) is 2.75. The van der Waals surface area contributed by atoms with Crippen molar-refractivity contribution in [2.24, 2.45) is 17.1 Å². The van der Waals surface area contributed by atoms with E-state index in [0.717, 1.165) is 40.8 Å². The van der Waals surface area contributed by atoms with Gasteiger partial charge in [0.2, 0.25) is 35.4 Å². The maximum atomic E-state index is 15.4. The molecule has 0 fully saturated rings. The van der Waals surface area contributed by atoms with Gasteiger partial charge in [-0.2, -0.15) is 0 Å². The van der Waals surface area contributed by atoms with Crippen LogP contribution in [0.15, 0.2) is 97.5 Å². The number of rotatable bonds is 28. The van der Waals surface area contributed by atoms with Crippen LogP contribution in [-0.2, 0) is 60.9 Å². The van der Waals surface area contributed by atoms with Gasteiger partial charge in [-0.3, -0.25) is 57.8 Å². The first-order valence-electron chi connectivity index (χ1n) is 25.0. The third-order valence-electron chi connectivity index (χ3n) is 12.7. The minimum Gasteiger partial charge on any atom is -0.387 e. The normalized spacial score (nSPS) is 14.2. The molecular weight excluding hydrogens is 1000 g/mol. The Kier molecular flexibility index (Phi) is 21.3. The fraction of sp³-hybridized carbons (Fsp3) is 0.400. The molecule has 1 aliphatic rings. The summed E-state index contributed by atoms with van der Waals surface area (Å²) in [5, 5.41) is 20.7. The van der Waals surface area contributed by atoms with E-state index in [4.69, 9.17) is 5.73 Å². The Labute approximate surface area is 444 Å². The largest absolute Gasteiger partial charge is 0.387 e. The zero-order chi connectivity index (χ0) is 56.6. The number of nitrogens with one attached hydrogen (secondary N) is 4. The molecule has 22 heteroatoms. The number of carbonyl (C=O) groups excluding carboxylic acids is 10. The Hall–Kier alpha value is -8.27. The van der Waals surface area contributed by atoms with Gasteiger partial charge in [0.25, 0.3) is 11.8 Å². The molecule has 0 aliphatic carbocycles. The Balaban J connectivity index is 1.41. The van der Waals surface area contributed by atoms with E-state index in [1.54, 1.807) is 29.0 Å². The molecule has 8 amide bonds. The van der Waals surface area contributed by atoms with Crippen molar-refractivity contribution in [2.45, 2.75) is 104 Å². The number of amides is 8. The molecule has 0 spiro atoms. The van der Waals surface area contributed by atoms with Gasteiger partial charge in [-0.15, -0.1) is 0 Å². The van der Waals surface area contributed by atoms with Gasteiger partial charge in [0.05, 0.1) is 31.5 Å². The number of carbonyl (C=O) groups is 10. The molecule has 1 aliphatic heterocycles. The summed E-state index contributed by atoms with van der Waals surface area (Å²) >= 11 is 0. The molecule has 4 aromatic rings. The van der Waals surface area contributed by atoms with Crippen molar-refractivity contribution in [3.05, 3.63) is 126 Å². The van der Waals surface area contributed by atoms with Crippen molar-refractivity contribution in [1.29, 1.82) is 0 Å². The van der Waals surface area contributed by atoms with Crippen molar-refractivity contribution >= 4 is 58.8 Å². The zero-order valence-electron chi connectivity index (χ0n) is 43.6. The minimum absolute atomic E-state index is 0.0206. The molecule has 5 atom stereocenters. The molecular formula is C55H65F2N9O11. The van der Waals surface area contributed by atoms with Crippen LogP contribution in [0.1, 0.15) is 89.6 Å². The number of ketones is 2. The number of nitrogens with two attached hydrogens (primary N) is 1. The standard InChI is InChI=1S/C55H65F2N9O11/c1-33(24-45(69)34(2)61-47(71)25-35-17-21-59-22-18-35)52(75)63-43(28-46(58)70)54(77)62-42(53(76)60-20-9-12-39(68)31-66-48(72)15-16-49(66)73)19-23-65(50(74)32-67)51(55(3,4)5)44-26-37(40-27-38(56)13-14-41(40)57)30-64(44)29-36-10-7-6-8-11-36/h6-8,10-11,13-18,21-22,26-27,30,33-34,42-43,51,67H,9,12,19-20,23-25,28-29,31-32H2,1-5H3,(H2,58,70)(H,60,76)(H,61,71)(H,62,77)(H,63,75)/t33-,34+,42+,43+,51+/m1/s1. The van der Waals surface area contributed by atoms with Crippen molar-refractivity contribution in [3.63, 3.8) is 0 Å². The summed E-state index contributed by atoms with van der Waals surface area (Å²) in [6, 6.07) is 11.9. The second kappa shape index (κ2) is 27.5. The van der Waals surface area contributed by atoms with Gasteiger partial charge in [0.1, 0.15) is 30.3 Å². The highest BCUT2D eigenvalue weighted by atomic mass is 19.1. The number of hydrogen-bond acceptors (Lipinski definition) is 12. The van der Waals surface area contributed by atoms with Crippen LogP contribution in [0.2, 0.25) is 0 Å². The van der Waals surface area contributed by atoms with Gasteiger partial charge in [-0.05, 0) is 72.7 Å². The van der Waals surface area contributed by atoms with E-state index in [0.29, 0.717) is 11.3 Å². The number of imide groups is 1. The van der Waals surface area contributed by atoms with E-state index < -0.39 is 126 Å². The maximum Gasteiger partial charge on any atom is 0.254 e. The van der Waals surface area contributed by atoms with Crippen molar-refractivity contribution in [1.82, 2.24) is 40.6 Å². The lowest BCUT2D eigenvalue weighted by atomic mass is 9.82. The van der Waals surface area contributed by atoms with Gasteiger partial charge < -0.3 is 41.6 Å². The van der Waals surface area contributed by atoms with Crippen LogP contribution in [0.4, 0.5) is 8.78 Å². The number of aromatic nitrogens is 2. The average Bonchev–Trinajstić information content (AvgIpc) is 3.93. The topological polar surface area (TPSA) is 289 Å². The number of nitrogens with zero attached hydrogens (tertiary/aromatic N) is 4. The summed E-state index contributed by atoms with van der Waals surface area (Å²) in [5.74, 6) is -9.85. The number of halogens is 2. The number of Topliss-reactive ketones (excluding diaryl/α,β-unsaturated/α-hetero) is 2. The minimum atomic E-state index is -1.70. The van der Waals surface area contributed by atoms with Crippen molar-refractivity contribution in [2.75, 3.05) is 26.2 Å². The third-order valence-corrected chi connectivity index (χ3v) is 12.7. The van der Waals surface area contributed by atoms with E-state index in [1.165, 1.54) is 31.1 Å². The molecule has 0 saturated heterocycles. The van der Waals surface area contributed by atoms with E-state index in [9.17, 15) is 57.4 Å². The number of aliphatic hydroxyl groups is 1. The highest BCUT2D eigenvalue weighted by molar-refractivity contribution is 6.14. The SMILES string of the molecule is C[C@H](CC(=O)[C@H](C)NC(=O)Cc1ccncc1)C(=O)N[C@@H](CC(N)=O)C(=O)N[C@@H](CCN(C(=O)CO)[C@@H](c1cc(-c2cc(F)ccc2F)cn1Cc1ccccc1)C(C)(C)C)C(=O)NCCCC(=O)CN1C(=O)C=CC1=O. The fourth-order valence-electron chi connectivity index (χ4n) is 8.73. The second-order valence-electron chi connectivity index (χ2n) is 19.9. The Morgan fingerprint density at radius 3 is 2.10 bits per heavy atom. The lowest BCUT2D eigenvalue weighted by Gasteiger charge is -2.41. The molecule has 2 aromatic carbocycles. The Morgan fingerprint density at radius 2 is 1.47 bits per heavy atom.